The van der Waals surface area contributed by atoms with Gasteiger partial charge >= 0.3 is 5.97 Å². The highest BCUT2D eigenvalue weighted by Gasteiger charge is 2.33. The SMILES string of the molecule is CCOC(=O)[C@@](C)(O)CNS(=O)(=O)c1cc(F)cc(F)c1. The maximum atomic E-state index is 13.0. The van der Waals surface area contributed by atoms with Gasteiger partial charge in [0.05, 0.1) is 18.0 Å². The minimum absolute atomic E-state index is 0.0108. The lowest BCUT2D eigenvalue weighted by Crippen LogP contribution is -2.47. The summed E-state index contributed by atoms with van der Waals surface area (Å²) in [7, 11) is -4.28. The highest BCUT2D eigenvalue weighted by atomic mass is 32.2. The summed E-state index contributed by atoms with van der Waals surface area (Å²) in [5, 5.41) is 9.78. The molecule has 0 unspecified atom stereocenters. The smallest absolute Gasteiger partial charge is 0.339 e. The largest absolute Gasteiger partial charge is 0.464 e. The van der Waals surface area contributed by atoms with Gasteiger partial charge in [-0.15, -0.1) is 0 Å². The Bertz CT molecular complexity index is 610. The van der Waals surface area contributed by atoms with Crippen molar-refractivity contribution in [1.29, 1.82) is 0 Å². The fourth-order valence-electron chi connectivity index (χ4n) is 1.36. The molecule has 1 rings (SSSR count). The number of carbonyl (C=O) groups is 1. The Labute approximate surface area is 120 Å². The Morgan fingerprint density at radius 3 is 2.33 bits per heavy atom. The number of ether oxygens (including phenoxy) is 1. The minimum atomic E-state index is -4.28. The summed E-state index contributed by atoms with van der Waals surface area (Å²) in [4.78, 5) is 10.7. The molecule has 0 bridgehead atoms. The van der Waals surface area contributed by atoms with Crippen LogP contribution in [-0.4, -0.2) is 38.2 Å². The van der Waals surface area contributed by atoms with E-state index in [0.29, 0.717) is 18.2 Å². The van der Waals surface area contributed by atoms with Crippen molar-refractivity contribution in [1.82, 2.24) is 4.72 Å². The summed E-state index contributed by atoms with van der Waals surface area (Å²) in [5.41, 5.74) is -2.10. The summed E-state index contributed by atoms with van der Waals surface area (Å²) in [5.74, 6) is -3.14. The van der Waals surface area contributed by atoms with E-state index in [-0.39, 0.29) is 6.61 Å². The van der Waals surface area contributed by atoms with Crippen LogP contribution in [0.3, 0.4) is 0 Å². The molecule has 0 aromatic heterocycles. The second kappa shape index (κ2) is 6.46. The molecule has 0 spiro atoms. The van der Waals surface area contributed by atoms with E-state index in [4.69, 9.17) is 0 Å². The van der Waals surface area contributed by atoms with Crippen molar-refractivity contribution in [3.63, 3.8) is 0 Å². The number of aliphatic hydroxyl groups is 1. The first-order chi connectivity index (χ1) is 9.58. The predicted molar refractivity (Wildman–Crippen MR) is 68.8 cm³/mol. The molecule has 1 atom stereocenters. The molecule has 0 aliphatic rings. The van der Waals surface area contributed by atoms with Crippen LogP contribution in [0.5, 0.6) is 0 Å². The molecule has 9 heteroatoms. The van der Waals surface area contributed by atoms with E-state index in [1.54, 1.807) is 0 Å². The zero-order valence-corrected chi connectivity index (χ0v) is 12.2. The zero-order chi connectivity index (χ0) is 16.3. The van der Waals surface area contributed by atoms with Crippen molar-refractivity contribution < 1.29 is 31.8 Å². The maximum Gasteiger partial charge on any atom is 0.339 e. The van der Waals surface area contributed by atoms with Gasteiger partial charge < -0.3 is 9.84 Å². The normalized spacial score (nSPS) is 14.5. The summed E-state index contributed by atoms with van der Waals surface area (Å²) < 4.78 is 56.2. The van der Waals surface area contributed by atoms with Crippen LogP contribution in [0, 0.1) is 11.6 Å². The lowest BCUT2D eigenvalue weighted by molar-refractivity contribution is -0.162. The fraction of sp³-hybridized carbons (Fsp3) is 0.417. The van der Waals surface area contributed by atoms with Crippen molar-refractivity contribution in [3.8, 4) is 0 Å². The van der Waals surface area contributed by atoms with Crippen molar-refractivity contribution in [2.75, 3.05) is 13.2 Å². The van der Waals surface area contributed by atoms with Gasteiger partial charge in [-0.05, 0) is 26.0 Å². The van der Waals surface area contributed by atoms with Gasteiger partial charge in [0, 0.05) is 6.07 Å². The van der Waals surface area contributed by atoms with Crippen molar-refractivity contribution >= 4 is 16.0 Å². The van der Waals surface area contributed by atoms with Crippen molar-refractivity contribution in [2.24, 2.45) is 0 Å². The van der Waals surface area contributed by atoms with Crippen LogP contribution in [0.25, 0.3) is 0 Å². The molecule has 2 N–H and O–H groups in total. The maximum absolute atomic E-state index is 13.0. The molecule has 0 heterocycles. The summed E-state index contributed by atoms with van der Waals surface area (Å²) in [6.07, 6.45) is 0. The third-order valence-corrected chi connectivity index (χ3v) is 3.85. The van der Waals surface area contributed by atoms with Gasteiger partial charge in [0.1, 0.15) is 11.6 Å². The van der Waals surface area contributed by atoms with E-state index in [2.05, 4.69) is 4.74 Å². The lowest BCUT2D eigenvalue weighted by atomic mass is 10.1. The molecule has 0 saturated carbocycles. The number of sulfonamides is 1. The molecule has 118 valence electrons. The van der Waals surface area contributed by atoms with Crippen LogP contribution in [-0.2, 0) is 19.6 Å². The van der Waals surface area contributed by atoms with Crippen molar-refractivity contribution in [3.05, 3.63) is 29.8 Å². The van der Waals surface area contributed by atoms with Gasteiger partial charge in [-0.3, -0.25) is 0 Å². The molecule has 0 aliphatic heterocycles. The predicted octanol–water partition coefficient (Wildman–Crippen LogP) is 0.557. The van der Waals surface area contributed by atoms with Gasteiger partial charge in [0.15, 0.2) is 5.60 Å². The number of rotatable bonds is 6. The molecular weight excluding hydrogens is 308 g/mol. The highest BCUT2D eigenvalue weighted by molar-refractivity contribution is 7.89. The molecule has 21 heavy (non-hydrogen) atoms. The first kappa shape index (κ1) is 17.5. The zero-order valence-electron chi connectivity index (χ0n) is 11.4. The minimum Gasteiger partial charge on any atom is -0.464 e. The third kappa shape index (κ3) is 4.73. The van der Waals surface area contributed by atoms with E-state index in [1.807, 2.05) is 4.72 Å². The first-order valence-corrected chi connectivity index (χ1v) is 7.42. The Morgan fingerprint density at radius 2 is 1.86 bits per heavy atom. The van der Waals surface area contributed by atoms with E-state index in [0.717, 1.165) is 6.92 Å². The molecule has 6 nitrogen and oxygen atoms in total. The average molecular weight is 323 g/mol. The van der Waals surface area contributed by atoms with E-state index < -0.39 is 44.7 Å². The summed E-state index contributed by atoms with van der Waals surface area (Å²) in [6, 6.07) is 1.75. The molecule has 0 aliphatic carbocycles. The first-order valence-electron chi connectivity index (χ1n) is 5.94. The Morgan fingerprint density at radius 1 is 1.33 bits per heavy atom. The van der Waals surface area contributed by atoms with Crippen LogP contribution in [0.15, 0.2) is 23.1 Å². The highest BCUT2D eigenvalue weighted by Crippen LogP contribution is 2.14. The molecule has 1 aromatic carbocycles. The van der Waals surface area contributed by atoms with Crippen LogP contribution in [0.2, 0.25) is 0 Å². The van der Waals surface area contributed by atoms with Crippen LogP contribution in [0.1, 0.15) is 13.8 Å². The van der Waals surface area contributed by atoms with E-state index in [9.17, 15) is 27.1 Å². The molecule has 0 saturated heterocycles. The quantitative estimate of drug-likeness (QED) is 0.746. The van der Waals surface area contributed by atoms with Crippen LogP contribution < -0.4 is 4.72 Å². The summed E-state index contributed by atoms with van der Waals surface area (Å²) in [6.45, 7) is 1.89. The molecule has 0 radical (unpaired) electrons. The third-order valence-electron chi connectivity index (χ3n) is 2.47. The number of esters is 1. The second-order valence-corrected chi connectivity index (χ2v) is 6.19. The van der Waals surface area contributed by atoms with Crippen LogP contribution in [0.4, 0.5) is 8.78 Å². The van der Waals surface area contributed by atoms with Gasteiger partial charge in [0.2, 0.25) is 10.0 Å². The lowest BCUT2D eigenvalue weighted by Gasteiger charge is -2.21. The monoisotopic (exact) mass is 323 g/mol. The van der Waals surface area contributed by atoms with Crippen LogP contribution >= 0.6 is 0 Å². The number of halogens is 2. The Hall–Kier alpha value is -1.58. The second-order valence-electron chi connectivity index (χ2n) is 4.42. The van der Waals surface area contributed by atoms with E-state index >= 15 is 0 Å². The van der Waals surface area contributed by atoms with Gasteiger partial charge in [0.25, 0.3) is 0 Å². The van der Waals surface area contributed by atoms with Gasteiger partial charge in [-0.1, -0.05) is 0 Å². The standard InChI is InChI=1S/C12H15F2NO5S/c1-3-20-11(16)12(2,17)7-15-21(18,19)10-5-8(13)4-9(14)6-10/h4-6,15,17H,3,7H2,1-2H3/t12-/m0/s1. The topological polar surface area (TPSA) is 92.7 Å². The molecular formula is C12H15F2NO5S. The molecule has 0 fully saturated rings. The number of carbonyl (C=O) groups excluding carboxylic acids is 1. The molecule has 0 amide bonds. The van der Waals surface area contributed by atoms with Gasteiger partial charge in [-0.25, -0.2) is 26.7 Å². The van der Waals surface area contributed by atoms with Crippen molar-refractivity contribution in [2.45, 2.75) is 24.3 Å². The van der Waals surface area contributed by atoms with Gasteiger partial charge in [-0.2, -0.15) is 0 Å². The van der Waals surface area contributed by atoms with E-state index in [1.165, 1.54) is 6.92 Å². The number of hydrogen-bond acceptors (Lipinski definition) is 5. The number of nitrogens with one attached hydrogen (secondary N) is 1. The Kier molecular flexibility index (Phi) is 5.37. The average Bonchev–Trinajstić information content (AvgIpc) is 2.36. The number of hydrogen-bond donors (Lipinski definition) is 2. The number of benzene rings is 1. The fourth-order valence-corrected chi connectivity index (χ4v) is 2.53. The molecule has 1 aromatic rings. The Balaban J connectivity index is 2.89. The summed E-state index contributed by atoms with van der Waals surface area (Å²) >= 11 is 0.